The Balaban J connectivity index is 2.33. The van der Waals surface area contributed by atoms with Crippen molar-refractivity contribution in [2.24, 2.45) is 0 Å². The summed E-state index contributed by atoms with van der Waals surface area (Å²) < 4.78 is 86.1. The molecule has 0 unspecified atom stereocenters. The lowest BCUT2D eigenvalue weighted by atomic mass is 10.2. The molecule has 0 aliphatic heterocycles. The van der Waals surface area contributed by atoms with Crippen LogP contribution in [0.1, 0.15) is 16.1 Å². The van der Waals surface area contributed by atoms with Gasteiger partial charge in [-0.2, -0.15) is 21.6 Å². The van der Waals surface area contributed by atoms with Crippen LogP contribution in [0.15, 0.2) is 39.8 Å². The molecule has 0 saturated heterocycles. The Kier molecular flexibility index (Phi) is 4.56. The van der Waals surface area contributed by atoms with E-state index >= 15 is 0 Å². The van der Waals surface area contributed by atoms with E-state index in [1.807, 2.05) is 0 Å². The molecule has 0 amide bonds. The predicted octanol–water partition coefficient (Wildman–Crippen LogP) is 3.02. The molecule has 0 bridgehead atoms. The van der Waals surface area contributed by atoms with Crippen molar-refractivity contribution in [2.75, 3.05) is 11.8 Å². The lowest BCUT2D eigenvalue weighted by Crippen LogP contribution is -2.14. The zero-order valence-electron chi connectivity index (χ0n) is 11.8. The van der Waals surface area contributed by atoms with E-state index in [1.165, 1.54) is 0 Å². The van der Waals surface area contributed by atoms with Crippen LogP contribution in [0.2, 0.25) is 0 Å². The molecule has 0 spiro atoms. The number of rotatable bonds is 4. The molecule has 11 heteroatoms. The Morgan fingerprint density at radius 2 is 1.88 bits per heavy atom. The second-order valence-corrected chi connectivity index (χ2v) is 6.02. The largest absolute Gasteiger partial charge is 0.463 e. The van der Waals surface area contributed by atoms with Gasteiger partial charge in [-0.25, -0.2) is 9.18 Å². The van der Waals surface area contributed by atoms with Crippen LogP contribution in [-0.4, -0.2) is 21.5 Å². The summed E-state index contributed by atoms with van der Waals surface area (Å²) in [5.74, 6) is -2.89. The lowest BCUT2D eigenvalue weighted by Gasteiger charge is -2.11. The fraction of sp³-hybridized carbons (Fsp3) is 0.154. The summed E-state index contributed by atoms with van der Waals surface area (Å²) in [6.45, 7) is 0. The molecular weight excluding hydrogens is 358 g/mol. The summed E-state index contributed by atoms with van der Waals surface area (Å²) >= 11 is 0. The van der Waals surface area contributed by atoms with Gasteiger partial charge in [0.1, 0.15) is 5.82 Å². The number of ether oxygens (including phenoxy) is 1. The van der Waals surface area contributed by atoms with Crippen molar-refractivity contribution in [3.05, 3.63) is 47.5 Å². The van der Waals surface area contributed by atoms with Crippen molar-refractivity contribution in [1.29, 1.82) is 0 Å². The SMILES string of the molecule is COC(=O)c1ccc(S(=O)(=O)Nc2ccc(F)c(C(F)(F)F)c2)o1. The predicted molar refractivity (Wildman–Crippen MR) is 72.3 cm³/mol. The minimum atomic E-state index is -4.99. The maximum Gasteiger partial charge on any atom is 0.419 e. The number of carbonyl (C=O) groups excluding carboxylic acids is 1. The molecule has 0 atom stereocenters. The number of hydrogen-bond acceptors (Lipinski definition) is 5. The third-order valence-electron chi connectivity index (χ3n) is 2.76. The van der Waals surface area contributed by atoms with E-state index in [0.29, 0.717) is 12.1 Å². The van der Waals surface area contributed by atoms with Crippen LogP contribution in [0.25, 0.3) is 0 Å². The van der Waals surface area contributed by atoms with Gasteiger partial charge in [-0.3, -0.25) is 4.72 Å². The molecule has 1 aromatic carbocycles. The van der Waals surface area contributed by atoms with Gasteiger partial charge < -0.3 is 9.15 Å². The summed E-state index contributed by atoms with van der Waals surface area (Å²) in [4.78, 5) is 11.2. The van der Waals surface area contributed by atoms with E-state index in [0.717, 1.165) is 25.3 Å². The van der Waals surface area contributed by atoms with Crippen molar-refractivity contribution < 1.29 is 39.9 Å². The summed E-state index contributed by atoms with van der Waals surface area (Å²) in [5.41, 5.74) is -2.16. The highest BCUT2D eigenvalue weighted by Crippen LogP contribution is 2.33. The molecule has 1 aromatic heterocycles. The third kappa shape index (κ3) is 3.67. The second-order valence-electron chi connectivity index (χ2n) is 4.41. The average molecular weight is 367 g/mol. The van der Waals surface area contributed by atoms with Crippen LogP contribution in [0.5, 0.6) is 0 Å². The topological polar surface area (TPSA) is 85.6 Å². The number of carbonyl (C=O) groups is 1. The number of nitrogens with one attached hydrogen (secondary N) is 1. The standard InChI is InChI=1S/C13H9F4NO5S/c1-22-12(19)10-4-5-11(23-10)24(20,21)18-7-2-3-9(14)8(6-7)13(15,16)17/h2-6,18H,1H3. The lowest BCUT2D eigenvalue weighted by molar-refractivity contribution is -0.139. The van der Waals surface area contributed by atoms with Crippen LogP contribution < -0.4 is 4.72 Å². The molecular formula is C13H9F4NO5S. The fourth-order valence-electron chi connectivity index (χ4n) is 1.69. The van der Waals surface area contributed by atoms with Crippen molar-refractivity contribution >= 4 is 21.7 Å². The van der Waals surface area contributed by atoms with E-state index in [4.69, 9.17) is 4.42 Å². The Hall–Kier alpha value is -2.56. The van der Waals surface area contributed by atoms with Gasteiger partial charge >= 0.3 is 12.1 Å². The maximum absolute atomic E-state index is 13.2. The highest BCUT2D eigenvalue weighted by atomic mass is 32.2. The van der Waals surface area contributed by atoms with Crippen molar-refractivity contribution in [2.45, 2.75) is 11.3 Å². The molecule has 6 nitrogen and oxygen atoms in total. The molecule has 2 aromatic rings. The molecule has 0 aliphatic rings. The second kappa shape index (κ2) is 6.15. The van der Waals surface area contributed by atoms with Crippen LogP contribution >= 0.6 is 0 Å². The van der Waals surface area contributed by atoms with Crippen LogP contribution in [0.3, 0.4) is 0 Å². The summed E-state index contributed by atoms with van der Waals surface area (Å²) in [6, 6.07) is 3.53. The number of sulfonamides is 1. The first-order chi connectivity index (χ1) is 11.0. The van der Waals surface area contributed by atoms with Gasteiger partial charge in [0, 0.05) is 5.69 Å². The van der Waals surface area contributed by atoms with Crippen molar-refractivity contribution in [1.82, 2.24) is 0 Å². The Bertz CT molecular complexity index is 873. The number of esters is 1. The molecule has 0 radical (unpaired) electrons. The third-order valence-corrected chi connectivity index (χ3v) is 4.01. The number of furan rings is 1. The van der Waals surface area contributed by atoms with E-state index < -0.39 is 50.1 Å². The minimum absolute atomic E-state index is 0.303. The molecule has 0 fully saturated rings. The summed E-state index contributed by atoms with van der Waals surface area (Å²) in [7, 11) is -3.37. The number of hydrogen-bond donors (Lipinski definition) is 1. The molecule has 130 valence electrons. The first-order valence-corrected chi connectivity index (χ1v) is 7.60. The highest BCUT2D eigenvalue weighted by molar-refractivity contribution is 7.92. The Morgan fingerprint density at radius 3 is 2.46 bits per heavy atom. The summed E-state index contributed by atoms with van der Waals surface area (Å²) in [6.07, 6.45) is -4.99. The molecule has 2 rings (SSSR count). The van der Waals surface area contributed by atoms with Gasteiger partial charge in [0.15, 0.2) is 0 Å². The van der Waals surface area contributed by atoms with E-state index in [-0.39, 0.29) is 0 Å². The first kappa shape index (κ1) is 17.8. The van der Waals surface area contributed by atoms with Crippen LogP contribution in [0, 0.1) is 5.82 Å². The number of benzene rings is 1. The number of anilines is 1. The molecule has 0 aliphatic carbocycles. The summed E-state index contributed by atoms with van der Waals surface area (Å²) in [5, 5.41) is -0.721. The van der Waals surface area contributed by atoms with E-state index in [2.05, 4.69) is 4.74 Å². The number of methoxy groups -OCH3 is 1. The quantitative estimate of drug-likeness (QED) is 0.663. The van der Waals surface area contributed by atoms with Crippen molar-refractivity contribution in [3.8, 4) is 0 Å². The van der Waals surface area contributed by atoms with Crippen molar-refractivity contribution in [3.63, 3.8) is 0 Å². The van der Waals surface area contributed by atoms with Gasteiger partial charge in [-0.1, -0.05) is 0 Å². The monoisotopic (exact) mass is 367 g/mol. The molecule has 1 N–H and O–H groups in total. The molecule has 0 saturated carbocycles. The Labute approximate surface area is 133 Å². The first-order valence-electron chi connectivity index (χ1n) is 6.12. The molecule has 1 heterocycles. The van der Waals surface area contributed by atoms with Gasteiger partial charge in [0.05, 0.1) is 12.7 Å². The van der Waals surface area contributed by atoms with Crippen LogP contribution in [0.4, 0.5) is 23.2 Å². The Morgan fingerprint density at radius 1 is 1.21 bits per heavy atom. The minimum Gasteiger partial charge on any atom is -0.463 e. The van der Waals surface area contributed by atoms with Crippen LogP contribution in [-0.2, 0) is 20.9 Å². The number of halogens is 4. The molecule has 24 heavy (non-hydrogen) atoms. The number of alkyl halides is 3. The zero-order valence-corrected chi connectivity index (χ0v) is 12.7. The van der Waals surface area contributed by atoms with Gasteiger partial charge in [-0.15, -0.1) is 0 Å². The highest BCUT2D eigenvalue weighted by Gasteiger charge is 2.34. The average Bonchev–Trinajstić information content (AvgIpc) is 2.98. The van der Waals surface area contributed by atoms with Gasteiger partial charge in [0.25, 0.3) is 10.0 Å². The zero-order chi connectivity index (χ0) is 18.1. The van der Waals surface area contributed by atoms with Gasteiger partial charge in [0.2, 0.25) is 10.9 Å². The maximum atomic E-state index is 13.2. The fourth-order valence-corrected chi connectivity index (χ4v) is 2.67. The normalized spacial score (nSPS) is 12.0. The van der Waals surface area contributed by atoms with Gasteiger partial charge in [-0.05, 0) is 30.3 Å². The van der Waals surface area contributed by atoms with E-state index in [1.54, 1.807) is 4.72 Å². The smallest absolute Gasteiger partial charge is 0.419 e. The van der Waals surface area contributed by atoms with E-state index in [9.17, 15) is 30.8 Å².